The predicted octanol–water partition coefficient (Wildman–Crippen LogP) is 1.42. The van der Waals surface area contributed by atoms with Gasteiger partial charge in [0.25, 0.3) is 0 Å². The Balaban J connectivity index is 2.55. The molecule has 1 aromatic carbocycles. The summed E-state index contributed by atoms with van der Waals surface area (Å²) in [6.45, 7) is 1.44. The first-order chi connectivity index (χ1) is 7.49. The summed E-state index contributed by atoms with van der Waals surface area (Å²) in [5, 5.41) is 11.0. The van der Waals surface area contributed by atoms with Gasteiger partial charge in [-0.15, -0.1) is 0 Å². The molecule has 1 atom stereocenters. The van der Waals surface area contributed by atoms with Crippen LogP contribution >= 0.6 is 22.6 Å². The summed E-state index contributed by atoms with van der Waals surface area (Å²) in [5.41, 5.74) is 0.877. The van der Waals surface area contributed by atoms with Crippen molar-refractivity contribution in [3.8, 4) is 0 Å². The minimum absolute atomic E-state index is 0.203. The van der Waals surface area contributed by atoms with Gasteiger partial charge in [-0.3, -0.25) is 9.59 Å². The molecule has 1 unspecified atom stereocenters. The number of carboxylic acid groups (broad SMARTS) is 1. The molecular formula is C11H12INO3. The van der Waals surface area contributed by atoms with Gasteiger partial charge >= 0.3 is 5.97 Å². The van der Waals surface area contributed by atoms with Gasteiger partial charge in [0.15, 0.2) is 0 Å². The molecule has 1 amide bonds. The Bertz CT molecular complexity index is 406. The highest BCUT2D eigenvalue weighted by Gasteiger charge is 2.13. The van der Waals surface area contributed by atoms with Gasteiger partial charge in [0.1, 0.15) is 6.04 Å². The number of amides is 1. The van der Waals surface area contributed by atoms with Gasteiger partial charge in [0.2, 0.25) is 5.91 Å². The van der Waals surface area contributed by atoms with Crippen LogP contribution in [0.3, 0.4) is 0 Å². The monoisotopic (exact) mass is 333 g/mol. The zero-order chi connectivity index (χ0) is 12.1. The lowest BCUT2D eigenvalue weighted by molar-refractivity contribution is -0.141. The van der Waals surface area contributed by atoms with Crippen LogP contribution in [-0.2, 0) is 16.0 Å². The maximum absolute atomic E-state index is 11.5. The van der Waals surface area contributed by atoms with Gasteiger partial charge in [-0.05, 0) is 47.2 Å². The number of nitrogens with one attached hydrogen (secondary N) is 1. The van der Waals surface area contributed by atoms with E-state index in [0.717, 1.165) is 9.13 Å². The van der Waals surface area contributed by atoms with Crippen molar-refractivity contribution in [2.45, 2.75) is 19.4 Å². The Morgan fingerprint density at radius 1 is 1.50 bits per heavy atom. The average Bonchev–Trinajstić information content (AvgIpc) is 2.16. The zero-order valence-electron chi connectivity index (χ0n) is 8.74. The number of carbonyl (C=O) groups excluding carboxylic acids is 1. The minimum atomic E-state index is -1.03. The molecule has 5 heteroatoms. The van der Waals surface area contributed by atoms with Crippen molar-refractivity contribution >= 4 is 34.5 Å². The van der Waals surface area contributed by atoms with Crippen molar-refractivity contribution in [2.24, 2.45) is 0 Å². The van der Waals surface area contributed by atoms with Gasteiger partial charge in [-0.1, -0.05) is 12.1 Å². The third kappa shape index (κ3) is 4.18. The van der Waals surface area contributed by atoms with Gasteiger partial charge in [-0.2, -0.15) is 0 Å². The molecule has 0 aliphatic heterocycles. The van der Waals surface area contributed by atoms with E-state index in [1.807, 2.05) is 24.3 Å². The summed E-state index contributed by atoms with van der Waals surface area (Å²) in [7, 11) is 0. The fraction of sp³-hybridized carbons (Fsp3) is 0.273. The summed E-state index contributed by atoms with van der Waals surface area (Å²) < 4.78 is 1.05. The van der Waals surface area contributed by atoms with E-state index in [1.54, 1.807) is 0 Å². The van der Waals surface area contributed by atoms with Crippen LogP contribution in [0, 0.1) is 3.57 Å². The number of rotatable bonds is 4. The summed E-state index contributed by atoms with van der Waals surface area (Å²) >= 11 is 2.16. The fourth-order valence-corrected chi connectivity index (χ4v) is 1.79. The molecule has 0 bridgehead atoms. The van der Waals surface area contributed by atoms with E-state index in [1.165, 1.54) is 6.92 Å². The molecule has 0 aliphatic rings. The molecule has 0 spiro atoms. The second kappa shape index (κ2) is 5.83. The van der Waals surface area contributed by atoms with Gasteiger partial charge in [0, 0.05) is 3.57 Å². The van der Waals surface area contributed by atoms with Crippen molar-refractivity contribution < 1.29 is 14.7 Å². The molecule has 86 valence electrons. The third-order valence-corrected chi connectivity index (χ3v) is 2.67. The van der Waals surface area contributed by atoms with E-state index in [4.69, 9.17) is 5.11 Å². The van der Waals surface area contributed by atoms with E-state index in [9.17, 15) is 9.59 Å². The average molecular weight is 333 g/mol. The van der Waals surface area contributed by atoms with Crippen molar-refractivity contribution in [3.63, 3.8) is 0 Å². The second-order valence-corrected chi connectivity index (χ2v) is 4.68. The Morgan fingerprint density at radius 3 is 2.75 bits per heavy atom. The minimum Gasteiger partial charge on any atom is -0.480 e. The van der Waals surface area contributed by atoms with Gasteiger partial charge < -0.3 is 10.4 Å². The normalized spacial score (nSPS) is 11.9. The Labute approximate surface area is 107 Å². The highest BCUT2D eigenvalue weighted by Crippen LogP contribution is 2.08. The lowest BCUT2D eigenvalue weighted by Gasteiger charge is -2.09. The predicted molar refractivity (Wildman–Crippen MR) is 68.1 cm³/mol. The lowest BCUT2D eigenvalue weighted by Crippen LogP contribution is -2.39. The summed E-state index contributed by atoms with van der Waals surface area (Å²) in [4.78, 5) is 22.0. The number of carboxylic acids is 1. The number of carbonyl (C=O) groups is 2. The maximum atomic E-state index is 11.5. The molecule has 0 fully saturated rings. The lowest BCUT2D eigenvalue weighted by atomic mass is 10.1. The number of benzene rings is 1. The van der Waals surface area contributed by atoms with E-state index >= 15 is 0 Å². The standard InChI is InChI=1S/C11H12INO3/c1-7(11(15)16)13-10(14)6-8-3-2-4-9(12)5-8/h2-5,7H,6H2,1H3,(H,13,14)(H,15,16). The largest absolute Gasteiger partial charge is 0.480 e. The van der Waals surface area contributed by atoms with E-state index < -0.39 is 12.0 Å². The van der Waals surface area contributed by atoms with Crippen LogP contribution in [0.15, 0.2) is 24.3 Å². The van der Waals surface area contributed by atoms with Crippen LogP contribution in [0.2, 0.25) is 0 Å². The molecule has 0 saturated heterocycles. The first-order valence-corrected chi connectivity index (χ1v) is 5.83. The van der Waals surface area contributed by atoms with Crippen LogP contribution in [0.1, 0.15) is 12.5 Å². The smallest absolute Gasteiger partial charge is 0.325 e. The molecule has 0 aromatic heterocycles. The number of aliphatic carboxylic acids is 1. The summed E-state index contributed by atoms with van der Waals surface area (Å²) in [6, 6.07) is 6.68. The number of halogens is 1. The molecule has 4 nitrogen and oxygen atoms in total. The molecule has 1 aromatic rings. The maximum Gasteiger partial charge on any atom is 0.325 e. The fourth-order valence-electron chi connectivity index (χ4n) is 1.19. The van der Waals surface area contributed by atoms with Crippen molar-refractivity contribution in [1.82, 2.24) is 5.32 Å². The van der Waals surface area contributed by atoms with Crippen LogP contribution in [-0.4, -0.2) is 23.0 Å². The molecular weight excluding hydrogens is 321 g/mol. The number of hydrogen-bond acceptors (Lipinski definition) is 2. The molecule has 0 radical (unpaired) electrons. The van der Waals surface area contributed by atoms with Crippen molar-refractivity contribution in [1.29, 1.82) is 0 Å². The van der Waals surface area contributed by atoms with Gasteiger partial charge in [-0.25, -0.2) is 0 Å². The summed E-state index contributed by atoms with van der Waals surface area (Å²) in [6.07, 6.45) is 0.203. The Kier molecular flexibility index (Phi) is 4.72. The Hall–Kier alpha value is -1.11. The van der Waals surface area contributed by atoms with E-state index in [-0.39, 0.29) is 12.3 Å². The van der Waals surface area contributed by atoms with Crippen LogP contribution in [0.25, 0.3) is 0 Å². The van der Waals surface area contributed by atoms with Crippen LogP contribution in [0.4, 0.5) is 0 Å². The van der Waals surface area contributed by atoms with Gasteiger partial charge in [0.05, 0.1) is 6.42 Å². The molecule has 2 N–H and O–H groups in total. The topological polar surface area (TPSA) is 66.4 Å². The molecule has 16 heavy (non-hydrogen) atoms. The van der Waals surface area contributed by atoms with Crippen molar-refractivity contribution in [2.75, 3.05) is 0 Å². The SMILES string of the molecule is CC(NC(=O)Cc1cccc(I)c1)C(=O)O. The summed E-state index contributed by atoms with van der Waals surface area (Å²) in [5.74, 6) is -1.31. The van der Waals surface area contributed by atoms with Crippen LogP contribution in [0.5, 0.6) is 0 Å². The van der Waals surface area contributed by atoms with E-state index in [0.29, 0.717) is 0 Å². The highest BCUT2D eigenvalue weighted by atomic mass is 127. The third-order valence-electron chi connectivity index (χ3n) is 2.00. The second-order valence-electron chi connectivity index (χ2n) is 3.43. The first-order valence-electron chi connectivity index (χ1n) is 4.75. The molecule has 0 saturated carbocycles. The van der Waals surface area contributed by atoms with Crippen LogP contribution < -0.4 is 5.32 Å². The van der Waals surface area contributed by atoms with Crippen molar-refractivity contribution in [3.05, 3.63) is 33.4 Å². The molecule has 0 heterocycles. The molecule has 0 aliphatic carbocycles. The Morgan fingerprint density at radius 2 is 2.19 bits per heavy atom. The quantitative estimate of drug-likeness (QED) is 0.819. The number of hydrogen-bond donors (Lipinski definition) is 2. The molecule has 1 rings (SSSR count). The van der Waals surface area contributed by atoms with E-state index in [2.05, 4.69) is 27.9 Å². The highest BCUT2D eigenvalue weighted by molar-refractivity contribution is 14.1. The zero-order valence-corrected chi connectivity index (χ0v) is 10.9. The first kappa shape index (κ1) is 13.0.